The van der Waals surface area contributed by atoms with E-state index in [9.17, 15) is 9.59 Å². The van der Waals surface area contributed by atoms with E-state index in [0.717, 1.165) is 0 Å². The first kappa shape index (κ1) is 12.6. The van der Waals surface area contributed by atoms with Crippen molar-refractivity contribution < 1.29 is 9.21 Å². The van der Waals surface area contributed by atoms with Crippen molar-refractivity contribution in [1.82, 2.24) is 10.3 Å². The van der Waals surface area contributed by atoms with Gasteiger partial charge in [0, 0.05) is 11.6 Å². The van der Waals surface area contributed by atoms with Crippen molar-refractivity contribution in [3.05, 3.63) is 70.3 Å². The molecule has 1 aliphatic rings. The van der Waals surface area contributed by atoms with Gasteiger partial charge in [-0.25, -0.2) is 9.59 Å². The molecule has 2 amide bonds. The van der Waals surface area contributed by atoms with Crippen LogP contribution in [-0.4, -0.2) is 11.0 Å². The first-order valence-electron chi connectivity index (χ1n) is 6.78. The van der Waals surface area contributed by atoms with Crippen molar-refractivity contribution >= 4 is 22.7 Å². The molecule has 6 heteroatoms. The minimum absolute atomic E-state index is 0.358. The van der Waals surface area contributed by atoms with Gasteiger partial charge >= 0.3 is 11.7 Å². The van der Waals surface area contributed by atoms with Crippen LogP contribution in [0.4, 0.5) is 10.5 Å². The Bertz CT molecular complexity index is 934. The molecule has 108 valence electrons. The fourth-order valence-electron chi connectivity index (χ4n) is 2.68. The number of nitrogens with zero attached hydrogens (tertiary/aromatic N) is 1. The Morgan fingerprint density at radius 2 is 1.86 bits per heavy atom. The van der Waals surface area contributed by atoms with Gasteiger partial charge in [0.25, 0.3) is 0 Å². The Morgan fingerprint density at radius 3 is 2.68 bits per heavy atom. The number of benzene rings is 1. The van der Waals surface area contributed by atoms with E-state index in [4.69, 9.17) is 4.42 Å². The molecule has 0 aliphatic carbocycles. The van der Waals surface area contributed by atoms with E-state index in [1.54, 1.807) is 42.6 Å². The maximum absolute atomic E-state index is 12.4. The molecular formula is C16H11N3O3. The predicted octanol–water partition coefficient (Wildman–Crippen LogP) is 2.41. The van der Waals surface area contributed by atoms with Crippen LogP contribution in [0.5, 0.6) is 0 Å². The minimum atomic E-state index is -0.634. The summed E-state index contributed by atoms with van der Waals surface area (Å²) >= 11 is 0. The van der Waals surface area contributed by atoms with Crippen molar-refractivity contribution in [3.8, 4) is 0 Å². The molecule has 0 bridgehead atoms. The monoisotopic (exact) mass is 293 g/mol. The summed E-state index contributed by atoms with van der Waals surface area (Å²) in [6.45, 7) is 0. The van der Waals surface area contributed by atoms with Gasteiger partial charge in [-0.2, -0.15) is 0 Å². The molecule has 0 saturated heterocycles. The molecule has 0 spiro atoms. The van der Waals surface area contributed by atoms with E-state index in [-0.39, 0.29) is 6.03 Å². The van der Waals surface area contributed by atoms with Gasteiger partial charge in [0.1, 0.15) is 11.6 Å². The molecule has 2 aromatic heterocycles. The molecule has 1 aliphatic heterocycles. The second kappa shape index (κ2) is 4.70. The highest BCUT2D eigenvalue weighted by molar-refractivity contribution is 6.03. The normalized spacial score (nSPS) is 16.7. The lowest BCUT2D eigenvalue weighted by Crippen LogP contribution is -2.41. The maximum atomic E-state index is 12.4. The van der Waals surface area contributed by atoms with E-state index >= 15 is 0 Å². The number of hydrogen-bond acceptors (Lipinski definition) is 4. The van der Waals surface area contributed by atoms with Crippen molar-refractivity contribution in [3.63, 3.8) is 0 Å². The van der Waals surface area contributed by atoms with Crippen molar-refractivity contribution in [1.29, 1.82) is 0 Å². The van der Waals surface area contributed by atoms with Gasteiger partial charge in [-0.15, -0.1) is 0 Å². The largest absolute Gasteiger partial charge is 0.422 e. The van der Waals surface area contributed by atoms with Gasteiger partial charge in [0.15, 0.2) is 0 Å². The number of urea groups is 1. The number of pyridine rings is 1. The fraction of sp³-hybridized carbons (Fsp3) is 0.0625. The molecule has 1 atom stereocenters. The van der Waals surface area contributed by atoms with E-state index in [2.05, 4.69) is 15.6 Å². The summed E-state index contributed by atoms with van der Waals surface area (Å²) < 4.78 is 5.37. The average Bonchev–Trinajstić information content (AvgIpc) is 2.55. The zero-order valence-electron chi connectivity index (χ0n) is 11.4. The maximum Gasteiger partial charge on any atom is 0.344 e. The van der Waals surface area contributed by atoms with Crippen molar-refractivity contribution in [2.75, 3.05) is 5.32 Å². The average molecular weight is 293 g/mol. The smallest absolute Gasteiger partial charge is 0.344 e. The third kappa shape index (κ3) is 1.85. The Labute approximate surface area is 124 Å². The van der Waals surface area contributed by atoms with Crippen molar-refractivity contribution in [2.24, 2.45) is 0 Å². The van der Waals surface area contributed by atoms with Crippen LogP contribution in [0, 0.1) is 0 Å². The van der Waals surface area contributed by atoms with Gasteiger partial charge < -0.3 is 15.1 Å². The standard InChI is InChI=1S/C16H11N3O3/c20-15-12-13(9-5-1-2-7-11(9)22-15)18-16(21)19-14(12)10-6-3-4-8-17-10/h1-8,14H,(H2,18,19,21). The third-order valence-corrected chi connectivity index (χ3v) is 3.63. The molecule has 1 unspecified atom stereocenters. The summed E-state index contributed by atoms with van der Waals surface area (Å²) in [6, 6.07) is 11.4. The van der Waals surface area contributed by atoms with Crippen LogP contribution in [0.15, 0.2) is 57.9 Å². The molecule has 0 radical (unpaired) electrons. The third-order valence-electron chi connectivity index (χ3n) is 3.63. The number of hydrogen-bond donors (Lipinski definition) is 2. The van der Waals surface area contributed by atoms with Crippen molar-refractivity contribution in [2.45, 2.75) is 6.04 Å². The van der Waals surface area contributed by atoms with Gasteiger partial charge in [0.2, 0.25) is 0 Å². The second-order valence-electron chi connectivity index (χ2n) is 4.96. The number of carbonyl (C=O) groups excluding carboxylic acids is 1. The molecule has 0 fully saturated rings. The Hall–Kier alpha value is -3.15. The number of amides is 2. The number of nitrogens with one attached hydrogen (secondary N) is 2. The summed E-state index contributed by atoms with van der Waals surface area (Å²) in [7, 11) is 0. The molecule has 22 heavy (non-hydrogen) atoms. The second-order valence-corrected chi connectivity index (χ2v) is 4.96. The number of carbonyl (C=O) groups is 1. The highest BCUT2D eigenvalue weighted by Gasteiger charge is 2.31. The minimum Gasteiger partial charge on any atom is -0.422 e. The van der Waals surface area contributed by atoms with E-state index < -0.39 is 11.7 Å². The number of para-hydroxylation sites is 1. The van der Waals surface area contributed by atoms with Gasteiger partial charge in [-0.3, -0.25) is 4.98 Å². The topological polar surface area (TPSA) is 84.2 Å². The SMILES string of the molecule is O=C1Nc2c(c(=O)oc3ccccc23)C(c2ccccn2)N1. The summed E-state index contributed by atoms with van der Waals surface area (Å²) in [6.07, 6.45) is 1.62. The molecular weight excluding hydrogens is 282 g/mol. The summed E-state index contributed by atoms with van der Waals surface area (Å²) in [4.78, 5) is 28.6. The molecule has 6 nitrogen and oxygen atoms in total. The zero-order valence-corrected chi connectivity index (χ0v) is 11.4. The first-order valence-corrected chi connectivity index (χ1v) is 6.78. The van der Waals surface area contributed by atoms with Crippen LogP contribution >= 0.6 is 0 Å². The quantitative estimate of drug-likeness (QED) is 0.675. The van der Waals surface area contributed by atoms with Crippen LogP contribution in [0.3, 0.4) is 0 Å². The Balaban J connectivity index is 2.04. The highest BCUT2D eigenvalue weighted by Crippen LogP contribution is 2.33. The molecule has 2 N–H and O–H groups in total. The van der Waals surface area contributed by atoms with Gasteiger partial charge in [0.05, 0.1) is 16.9 Å². The lowest BCUT2D eigenvalue weighted by Gasteiger charge is -2.26. The number of aromatic nitrogens is 1. The summed E-state index contributed by atoms with van der Waals surface area (Å²) in [5, 5.41) is 6.12. The summed E-state index contributed by atoms with van der Waals surface area (Å²) in [5.74, 6) is 0. The van der Waals surface area contributed by atoms with Crippen LogP contribution < -0.4 is 16.3 Å². The van der Waals surface area contributed by atoms with E-state index in [1.807, 2.05) is 6.07 Å². The highest BCUT2D eigenvalue weighted by atomic mass is 16.4. The molecule has 1 aromatic carbocycles. The molecule has 4 rings (SSSR count). The molecule has 3 aromatic rings. The number of rotatable bonds is 1. The van der Waals surface area contributed by atoms with E-state index in [0.29, 0.717) is 27.9 Å². The number of anilines is 1. The van der Waals surface area contributed by atoms with Crippen LogP contribution in [-0.2, 0) is 0 Å². The van der Waals surface area contributed by atoms with Gasteiger partial charge in [-0.1, -0.05) is 18.2 Å². The van der Waals surface area contributed by atoms with Crippen LogP contribution in [0.1, 0.15) is 17.3 Å². The lowest BCUT2D eigenvalue weighted by molar-refractivity contribution is 0.248. The van der Waals surface area contributed by atoms with Gasteiger partial charge in [-0.05, 0) is 24.3 Å². The Morgan fingerprint density at radius 1 is 1.05 bits per heavy atom. The Kier molecular flexibility index (Phi) is 2.69. The molecule has 3 heterocycles. The lowest BCUT2D eigenvalue weighted by atomic mass is 9.99. The van der Waals surface area contributed by atoms with E-state index in [1.165, 1.54) is 0 Å². The first-order chi connectivity index (χ1) is 10.7. The van der Waals surface area contributed by atoms with Crippen LogP contribution in [0.2, 0.25) is 0 Å². The summed E-state index contributed by atoms with van der Waals surface area (Å²) in [5.41, 5.74) is 1.37. The predicted molar refractivity (Wildman–Crippen MR) is 80.7 cm³/mol. The zero-order chi connectivity index (χ0) is 15.1. The molecule has 0 saturated carbocycles. The number of fused-ring (bicyclic) bond motifs is 3. The fourth-order valence-corrected chi connectivity index (χ4v) is 2.68. The van der Waals surface area contributed by atoms with Crippen LogP contribution in [0.25, 0.3) is 11.0 Å².